The molecule has 6 nitrogen and oxygen atoms in total. The van der Waals surface area contributed by atoms with Gasteiger partial charge in [-0.15, -0.1) is 0 Å². The Morgan fingerprint density at radius 1 is 1.42 bits per heavy atom. The van der Waals surface area contributed by atoms with E-state index >= 15 is 0 Å². The third-order valence-corrected chi connectivity index (χ3v) is 4.94. The third-order valence-electron chi connectivity index (χ3n) is 4.94. The number of hydrogen-bond acceptors (Lipinski definition) is 4. The zero-order chi connectivity index (χ0) is 17.5. The van der Waals surface area contributed by atoms with Crippen molar-refractivity contribution in [1.29, 1.82) is 5.26 Å². The Hall–Kier alpha value is -2.26. The Morgan fingerprint density at radius 2 is 2.08 bits per heavy atom. The number of urea groups is 1. The van der Waals surface area contributed by atoms with Crippen LogP contribution in [0.25, 0.3) is 0 Å². The van der Waals surface area contributed by atoms with Gasteiger partial charge < -0.3 is 19.6 Å². The number of fused-ring (bicyclic) bond motifs is 1. The van der Waals surface area contributed by atoms with Crippen molar-refractivity contribution in [3.8, 4) is 11.8 Å². The molecule has 6 heteroatoms. The predicted molar refractivity (Wildman–Crippen MR) is 88.6 cm³/mol. The first kappa shape index (κ1) is 16.6. The van der Waals surface area contributed by atoms with Crippen molar-refractivity contribution in [3.05, 3.63) is 29.3 Å². The van der Waals surface area contributed by atoms with Crippen molar-refractivity contribution >= 4 is 6.03 Å². The van der Waals surface area contributed by atoms with Crippen molar-refractivity contribution in [3.63, 3.8) is 0 Å². The van der Waals surface area contributed by atoms with Gasteiger partial charge in [0, 0.05) is 25.7 Å². The molecule has 1 aromatic carbocycles. The van der Waals surface area contributed by atoms with E-state index in [4.69, 9.17) is 4.74 Å². The zero-order valence-electron chi connectivity index (χ0n) is 14.3. The molecule has 2 unspecified atom stereocenters. The van der Waals surface area contributed by atoms with Crippen molar-refractivity contribution in [1.82, 2.24) is 9.80 Å². The summed E-state index contributed by atoms with van der Waals surface area (Å²) in [5.74, 6) is 0.607. The fourth-order valence-electron chi connectivity index (χ4n) is 3.51. The summed E-state index contributed by atoms with van der Waals surface area (Å²) in [5, 5.41) is 20.0. The lowest BCUT2D eigenvalue weighted by Crippen LogP contribution is -2.55. The van der Waals surface area contributed by atoms with Crippen LogP contribution in [0.2, 0.25) is 0 Å². The van der Waals surface area contributed by atoms with E-state index in [1.165, 1.54) is 0 Å². The molecular formula is C18H23N3O3. The number of aliphatic hydroxyl groups is 1. The standard InChI is InChI=1S/C18H23N3O3/c1-18(2)16(22)15(20(3)17(23)21-8-4-5-9-21)13-10-12(11-19)6-7-14(13)24-18/h6-7,10,15-16,22H,4-5,8-9H2,1-3H3. The Morgan fingerprint density at radius 3 is 2.71 bits per heavy atom. The number of carbonyl (C=O) groups excluding carboxylic acids is 1. The molecule has 1 N–H and O–H groups in total. The van der Waals surface area contributed by atoms with E-state index in [0.717, 1.165) is 25.9 Å². The summed E-state index contributed by atoms with van der Waals surface area (Å²) in [6.45, 7) is 5.11. The minimum absolute atomic E-state index is 0.0949. The van der Waals surface area contributed by atoms with Gasteiger partial charge in [-0.2, -0.15) is 5.26 Å². The number of rotatable bonds is 1. The number of ether oxygens (including phenoxy) is 1. The fraction of sp³-hybridized carbons (Fsp3) is 0.556. The molecule has 0 saturated carbocycles. The van der Waals surface area contributed by atoms with Crippen LogP contribution in [-0.2, 0) is 0 Å². The van der Waals surface area contributed by atoms with Gasteiger partial charge in [0.1, 0.15) is 17.5 Å². The summed E-state index contributed by atoms with van der Waals surface area (Å²) in [4.78, 5) is 16.2. The van der Waals surface area contributed by atoms with Gasteiger partial charge in [0.05, 0.1) is 17.7 Å². The lowest BCUT2D eigenvalue weighted by molar-refractivity contribution is -0.0829. The molecule has 128 valence electrons. The van der Waals surface area contributed by atoms with Gasteiger partial charge in [-0.1, -0.05) is 0 Å². The van der Waals surface area contributed by atoms with E-state index in [9.17, 15) is 15.2 Å². The number of amides is 2. The number of nitriles is 1. The van der Waals surface area contributed by atoms with E-state index in [-0.39, 0.29) is 6.03 Å². The van der Waals surface area contributed by atoms with Crippen molar-refractivity contribution in [2.45, 2.75) is 44.4 Å². The lowest BCUT2D eigenvalue weighted by atomic mass is 9.85. The monoisotopic (exact) mass is 329 g/mol. The van der Waals surface area contributed by atoms with Gasteiger partial charge in [-0.3, -0.25) is 0 Å². The topological polar surface area (TPSA) is 76.8 Å². The minimum Gasteiger partial charge on any atom is -0.485 e. The molecule has 2 amide bonds. The maximum Gasteiger partial charge on any atom is 0.320 e. The highest BCUT2D eigenvalue weighted by Gasteiger charge is 2.46. The fourth-order valence-corrected chi connectivity index (χ4v) is 3.51. The van der Waals surface area contributed by atoms with Gasteiger partial charge in [0.25, 0.3) is 0 Å². The molecule has 3 rings (SSSR count). The molecule has 2 aliphatic rings. The van der Waals surface area contributed by atoms with Gasteiger partial charge in [-0.25, -0.2) is 4.79 Å². The summed E-state index contributed by atoms with van der Waals surface area (Å²) in [7, 11) is 1.71. The molecule has 2 aliphatic heterocycles. The molecule has 1 fully saturated rings. The Balaban J connectivity index is 2.01. The van der Waals surface area contributed by atoms with Crippen molar-refractivity contribution < 1.29 is 14.6 Å². The molecule has 0 bridgehead atoms. The highest BCUT2D eigenvalue weighted by Crippen LogP contribution is 2.43. The van der Waals surface area contributed by atoms with Gasteiger partial charge in [0.2, 0.25) is 0 Å². The van der Waals surface area contributed by atoms with Crippen LogP contribution < -0.4 is 4.74 Å². The average Bonchev–Trinajstić information content (AvgIpc) is 3.08. The SMILES string of the molecule is CN(C(=O)N1CCCC1)C1c2cc(C#N)ccc2OC(C)(C)C1O. The largest absolute Gasteiger partial charge is 0.485 e. The molecule has 1 saturated heterocycles. The summed E-state index contributed by atoms with van der Waals surface area (Å²) >= 11 is 0. The van der Waals surface area contributed by atoms with Crippen molar-refractivity contribution in [2.24, 2.45) is 0 Å². The van der Waals surface area contributed by atoms with Crippen LogP contribution in [0.4, 0.5) is 4.79 Å². The van der Waals surface area contributed by atoms with E-state index in [2.05, 4.69) is 6.07 Å². The predicted octanol–water partition coefficient (Wildman–Crippen LogP) is 2.28. The van der Waals surface area contributed by atoms with Crippen LogP contribution in [0.3, 0.4) is 0 Å². The van der Waals surface area contributed by atoms with E-state index in [1.54, 1.807) is 44.0 Å². The first-order chi connectivity index (χ1) is 11.3. The van der Waals surface area contributed by atoms with Crippen LogP contribution in [0.5, 0.6) is 5.75 Å². The van der Waals surface area contributed by atoms with E-state index < -0.39 is 17.7 Å². The second kappa shape index (κ2) is 5.99. The van der Waals surface area contributed by atoms with Crippen LogP contribution >= 0.6 is 0 Å². The number of likely N-dealkylation sites (tertiary alicyclic amines) is 1. The second-order valence-electron chi connectivity index (χ2n) is 7.05. The molecule has 0 spiro atoms. The van der Waals surface area contributed by atoms with Crippen molar-refractivity contribution in [2.75, 3.05) is 20.1 Å². The number of aliphatic hydroxyl groups excluding tert-OH is 1. The Labute approximate surface area is 142 Å². The molecule has 24 heavy (non-hydrogen) atoms. The Bertz CT molecular complexity index is 689. The smallest absolute Gasteiger partial charge is 0.320 e. The minimum atomic E-state index is -0.893. The number of nitrogens with zero attached hydrogens (tertiary/aromatic N) is 3. The number of carbonyl (C=O) groups is 1. The first-order valence-corrected chi connectivity index (χ1v) is 8.28. The summed E-state index contributed by atoms with van der Waals surface area (Å²) < 4.78 is 5.91. The molecule has 1 aromatic rings. The third kappa shape index (κ3) is 2.69. The van der Waals surface area contributed by atoms with Gasteiger partial charge >= 0.3 is 6.03 Å². The molecule has 0 radical (unpaired) electrons. The lowest BCUT2D eigenvalue weighted by Gasteiger charge is -2.45. The van der Waals surface area contributed by atoms with Gasteiger partial charge in [-0.05, 0) is 44.9 Å². The summed E-state index contributed by atoms with van der Waals surface area (Å²) in [5.41, 5.74) is 0.331. The van der Waals surface area contributed by atoms with Gasteiger partial charge in [0.15, 0.2) is 0 Å². The maximum atomic E-state index is 12.8. The van der Waals surface area contributed by atoms with E-state index in [1.807, 2.05) is 4.90 Å². The highest BCUT2D eigenvalue weighted by molar-refractivity contribution is 5.75. The highest BCUT2D eigenvalue weighted by atomic mass is 16.5. The zero-order valence-corrected chi connectivity index (χ0v) is 14.3. The Kier molecular flexibility index (Phi) is 4.14. The van der Waals surface area contributed by atoms with Crippen LogP contribution in [-0.4, -0.2) is 52.8 Å². The number of hydrogen-bond donors (Lipinski definition) is 1. The summed E-state index contributed by atoms with van der Waals surface area (Å²) in [6.07, 6.45) is 1.13. The first-order valence-electron chi connectivity index (χ1n) is 8.28. The average molecular weight is 329 g/mol. The summed E-state index contributed by atoms with van der Waals surface area (Å²) in [6, 6.07) is 6.59. The quantitative estimate of drug-likeness (QED) is 0.857. The normalized spacial score (nSPS) is 24.7. The van der Waals surface area contributed by atoms with Crippen LogP contribution in [0, 0.1) is 11.3 Å². The van der Waals surface area contributed by atoms with Crippen LogP contribution in [0.1, 0.15) is 43.9 Å². The molecule has 0 aliphatic carbocycles. The maximum absolute atomic E-state index is 12.8. The van der Waals surface area contributed by atoms with E-state index in [0.29, 0.717) is 16.9 Å². The molecule has 0 aromatic heterocycles. The molecular weight excluding hydrogens is 306 g/mol. The second-order valence-corrected chi connectivity index (χ2v) is 7.05. The molecule has 2 atom stereocenters. The number of benzene rings is 1. The molecule has 2 heterocycles. The number of likely N-dealkylation sites (N-methyl/N-ethyl adjacent to an activating group) is 1. The van der Waals surface area contributed by atoms with Crippen LogP contribution in [0.15, 0.2) is 18.2 Å².